The zero-order chi connectivity index (χ0) is 13.0. The standard InChI is InChI=1S/C12H12N4O2/c1-8-4-11(10(6-14-8)12(17)18)15-5-9-2-3-13-7-16-9/h2-4,6-7H,5H2,1H3,(H,14,15)(H,17,18). The number of hydrogen-bond donors (Lipinski definition) is 2. The zero-order valence-electron chi connectivity index (χ0n) is 9.79. The molecule has 0 unspecified atom stereocenters. The fourth-order valence-corrected chi connectivity index (χ4v) is 1.48. The van der Waals surface area contributed by atoms with E-state index in [1.54, 1.807) is 18.3 Å². The van der Waals surface area contributed by atoms with Crippen molar-refractivity contribution in [2.75, 3.05) is 5.32 Å². The van der Waals surface area contributed by atoms with E-state index in [1.165, 1.54) is 12.5 Å². The van der Waals surface area contributed by atoms with Crippen molar-refractivity contribution in [2.45, 2.75) is 13.5 Å². The summed E-state index contributed by atoms with van der Waals surface area (Å²) < 4.78 is 0. The largest absolute Gasteiger partial charge is 0.478 e. The van der Waals surface area contributed by atoms with E-state index in [9.17, 15) is 4.79 Å². The molecule has 92 valence electrons. The number of nitrogens with one attached hydrogen (secondary N) is 1. The minimum atomic E-state index is -1.01. The molecular weight excluding hydrogens is 232 g/mol. The van der Waals surface area contributed by atoms with E-state index in [1.807, 2.05) is 6.92 Å². The molecular formula is C12H12N4O2. The van der Waals surface area contributed by atoms with Gasteiger partial charge in [-0.3, -0.25) is 4.98 Å². The van der Waals surface area contributed by atoms with E-state index in [-0.39, 0.29) is 5.56 Å². The van der Waals surface area contributed by atoms with Crippen molar-refractivity contribution in [2.24, 2.45) is 0 Å². The number of aryl methyl sites for hydroxylation is 1. The highest BCUT2D eigenvalue weighted by Gasteiger charge is 2.10. The van der Waals surface area contributed by atoms with E-state index in [4.69, 9.17) is 5.11 Å². The number of anilines is 1. The van der Waals surface area contributed by atoms with Gasteiger partial charge in [0, 0.05) is 18.1 Å². The van der Waals surface area contributed by atoms with Gasteiger partial charge in [-0.2, -0.15) is 0 Å². The van der Waals surface area contributed by atoms with Gasteiger partial charge in [0.2, 0.25) is 0 Å². The third kappa shape index (κ3) is 2.79. The van der Waals surface area contributed by atoms with E-state index in [2.05, 4.69) is 20.3 Å². The van der Waals surface area contributed by atoms with Gasteiger partial charge in [-0.05, 0) is 19.1 Å². The minimum Gasteiger partial charge on any atom is -0.478 e. The molecule has 0 bridgehead atoms. The second-order valence-corrected chi connectivity index (χ2v) is 3.73. The molecule has 0 spiro atoms. The van der Waals surface area contributed by atoms with Crippen LogP contribution in [0.1, 0.15) is 21.7 Å². The summed E-state index contributed by atoms with van der Waals surface area (Å²) in [5.41, 5.74) is 2.23. The summed E-state index contributed by atoms with van der Waals surface area (Å²) >= 11 is 0. The minimum absolute atomic E-state index is 0.148. The first kappa shape index (κ1) is 12.0. The molecule has 0 aliphatic heterocycles. The predicted molar refractivity (Wildman–Crippen MR) is 65.3 cm³/mol. The second-order valence-electron chi connectivity index (χ2n) is 3.73. The van der Waals surface area contributed by atoms with Crippen molar-refractivity contribution in [1.29, 1.82) is 0 Å². The van der Waals surface area contributed by atoms with E-state index >= 15 is 0 Å². The highest BCUT2D eigenvalue weighted by Crippen LogP contribution is 2.16. The van der Waals surface area contributed by atoms with Gasteiger partial charge >= 0.3 is 5.97 Å². The summed E-state index contributed by atoms with van der Waals surface area (Å²) in [6.45, 7) is 2.24. The van der Waals surface area contributed by atoms with Crippen LogP contribution in [0.15, 0.2) is 30.9 Å². The number of nitrogens with zero attached hydrogens (tertiary/aromatic N) is 3. The summed E-state index contributed by atoms with van der Waals surface area (Å²) in [5.74, 6) is -1.01. The molecule has 6 heteroatoms. The van der Waals surface area contributed by atoms with Crippen LogP contribution < -0.4 is 5.32 Å². The van der Waals surface area contributed by atoms with Crippen molar-refractivity contribution >= 4 is 11.7 Å². The topological polar surface area (TPSA) is 88.0 Å². The number of carboxylic acid groups (broad SMARTS) is 1. The highest BCUT2D eigenvalue weighted by atomic mass is 16.4. The highest BCUT2D eigenvalue weighted by molar-refractivity contribution is 5.93. The van der Waals surface area contributed by atoms with Crippen molar-refractivity contribution < 1.29 is 9.90 Å². The smallest absolute Gasteiger partial charge is 0.339 e. The molecule has 0 amide bonds. The van der Waals surface area contributed by atoms with Gasteiger partial charge in [-0.1, -0.05) is 0 Å². The van der Waals surface area contributed by atoms with Crippen LogP contribution >= 0.6 is 0 Å². The third-order valence-electron chi connectivity index (χ3n) is 2.37. The van der Waals surface area contributed by atoms with Crippen LogP contribution in [-0.4, -0.2) is 26.0 Å². The average Bonchev–Trinajstić information content (AvgIpc) is 2.37. The fourth-order valence-electron chi connectivity index (χ4n) is 1.48. The molecule has 2 N–H and O–H groups in total. The fraction of sp³-hybridized carbons (Fsp3) is 0.167. The summed E-state index contributed by atoms with van der Waals surface area (Å²) in [6, 6.07) is 3.46. The molecule has 0 aromatic carbocycles. The number of aromatic nitrogens is 3. The summed E-state index contributed by atoms with van der Waals surface area (Å²) in [6.07, 6.45) is 4.44. The Morgan fingerprint density at radius 2 is 2.28 bits per heavy atom. The van der Waals surface area contributed by atoms with Crippen molar-refractivity contribution in [3.8, 4) is 0 Å². The molecule has 0 atom stereocenters. The molecule has 0 radical (unpaired) electrons. The molecule has 2 rings (SSSR count). The lowest BCUT2D eigenvalue weighted by Gasteiger charge is -2.09. The summed E-state index contributed by atoms with van der Waals surface area (Å²) in [7, 11) is 0. The van der Waals surface area contributed by atoms with E-state index in [0.717, 1.165) is 11.4 Å². The normalized spacial score (nSPS) is 10.1. The first-order valence-electron chi connectivity index (χ1n) is 5.35. The first-order chi connectivity index (χ1) is 8.66. The molecule has 0 fully saturated rings. The Morgan fingerprint density at radius 1 is 1.44 bits per heavy atom. The average molecular weight is 244 g/mol. The Hall–Kier alpha value is -2.50. The monoisotopic (exact) mass is 244 g/mol. The van der Waals surface area contributed by atoms with Gasteiger partial charge in [0.05, 0.1) is 17.9 Å². The molecule has 0 saturated carbocycles. The van der Waals surface area contributed by atoms with Crippen LogP contribution in [0.25, 0.3) is 0 Å². The number of pyridine rings is 1. The Kier molecular flexibility index (Phi) is 3.47. The number of rotatable bonds is 4. The molecule has 2 aromatic heterocycles. The number of carbonyl (C=O) groups is 1. The van der Waals surface area contributed by atoms with Crippen molar-refractivity contribution in [3.05, 3.63) is 47.8 Å². The summed E-state index contributed by atoms with van der Waals surface area (Å²) in [5, 5.41) is 12.1. The molecule has 2 aromatic rings. The molecule has 2 heterocycles. The van der Waals surface area contributed by atoms with Crippen LogP contribution in [0, 0.1) is 6.92 Å². The SMILES string of the molecule is Cc1cc(NCc2ccncn2)c(C(=O)O)cn1. The quantitative estimate of drug-likeness (QED) is 0.847. The number of aromatic carboxylic acids is 1. The van der Waals surface area contributed by atoms with Crippen molar-refractivity contribution in [3.63, 3.8) is 0 Å². The van der Waals surface area contributed by atoms with Gasteiger partial charge in [-0.25, -0.2) is 14.8 Å². The van der Waals surface area contributed by atoms with Crippen LogP contribution in [0.3, 0.4) is 0 Å². The first-order valence-corrected chi connectivity index (χ1v) is 5.35. The van der Waals surface area contributed by atoms with Gasteiger partial charge in [-0.15, -0.1) is 0 Å². The molecule has 0 aliphatic carbocycles. The predicted octanol–water partition coefficient (Wildman–Crippen LogP) is 1.49. The number of carboxylic acids is 1. The van der Waals surface area contributed by atoms with Crippen LogP contribution in [0.2, 0.25) is 0 Å². The van der Waals surface area contributed by atoms with E-state index in [0.29, 0.717) is 12.2 Å². The Balaban J connectivity index is 2.18. The van der Waals surface area contributed by atoms with Gasteiger partial charge < -0.3 is 10.4 Å². The lowest BCUT2D eigenvalue weighted by Crippen LogP contribution is -2.08. The Labute approximate surface area is 104 Å². The number of hydrogen-bond acceptors (Lipinski definition) is 5. The van der Waals surface area contributed by atoms with Gasteiger partial charge in [0.1, 0.15) is 11.9 Å². The lowest BCUT2D eigenvalue weighted by atomic mass is 10.2. The van der Waals surface area contributed by atoms with Gasteiger partial charge in [0.15, 0.2) is 0 Å². The van der Waals surface area contributed by atoms with Crippen LogP contribution in [0.4, 0.5) is 5.69 Å². The maximum Gasteiger partial charge on any atom is 0.339 e. The summed E-state index contributed by atoms with van der Waals surface area (Å²) in [4.78, 5) is 22.9. The zero-order valence-corrected chi connectivity index (χ0v) is 9.79. The maximum atomic E-state index is 11.0. The molecule has 6 nitrogen and oxygen atoms in total. The molecule has 0 saturated heterocycles. The van der Waals surface area contributed by atoms with Crippen molar-refractivity contribution in [1.82, 2.24) is 15.0 Å². The third-order valence-corrected chi connectivity index (χ3v) is 2.37. The Bertz CT molecular complexity index is 557. The molecule has 18 heavy (non-hydrogen) atoms. The molecule has 0 aliphatic rings. The van der Waals surface area contributed by atoms with Crippen LogP contribution in [0.5, 0.6) is 0 Å². The van der Waals surface area contributed by atoms with Gasteiger partial charge in [0.25, 0.3) is 0 Å². The lowest BCUT2D eigenvalue weighted by molar-refractivity contribution is 0.0697. The maximum absolute atomic E-state index is 11.0. The van der Waals surface area contributed by atoms with Crippen LogP contribution in [-0.2, 0) is 6.54 Å². The Morgan fingerprint density at radius 3 is 2.94 bits per heavy atom. The second kappa shape index (κ2) is 5.22. The van der Waals surface area contributed by atoms with E-state index < -0.39 is 5.97 Å².